The summed E-state index contributed by atoms with van der Waals surface area (Å²) in [7, 11) is 0. The van der Waals surface area contributed by atoms with Crippen LogP contribution in [0.15, 0.2) is 22.7 Å². The van der Waals surface area contributed by atoms with E-state index in [0.717, 1.165) is 25.8 Å². The average Bonchev–Trinajstić information content (AvgIpc) is 2.44. The van der Waals surface area contributed by atoms with Gasteiger partial charge in [-0.3, -0.25) is 4.79 Å². The zero-order chi connectivity index (χ0) is 13.8. The first-order valence-corrected chi connectivity index (χ1v) is 7.42. The summed E-state index contributed by atoms with van der Waals surface area (Å²) in [6.07, 6.45) is 3.09. The van der Waals surface area contributed by atoms with Crippen molar-refractivity contribution in [3.05, 3.63) is 22.7 Å². The first kappa shape index (κ1) is 14.3. The van der Waals surface area contributed by atoms with Crippen LogP contribution in [0.25, 0.3) is 0 Å². The second-order valence-corrected chi connectivity index (χ2v) is 5.78. The number of para-hydroxylation sites is 1. The van der Waals surface area contributed by atoms with Crippen molar-refractivity contribution >= 4 is 27.5 Å². The maximum absolute atomic E-state index is 12.2. The monoisotopic (exact) mass is 326 g/mol. The van der Waals surface area contributed by atoms with Gasteiger partial charge >= 0.3 is 0 Å². The summed E-state index contributed by atoms with van der Waals surface area (Å²) in [5, 5.41) is 15.9. The fraction of sp³-hybridized carbons (Fsp3) is 0.500. The molecule has 1 saturated heterocycles. The largest absolute Gasteiger partial charge is 0.505 e. The fourth-order valence-corrected chi connectivity index (χ4v) is 2.77. The minimum absolute atomic E-state index is 0.0682. The summed E-state index contributed by atoms with van der Waals surface area (Å²) in [4.78, 5) is 12.2. The summed E-state index contributed by atoms with van der Waals surface area (Å²) < 4.78 is 0.577. The number of piperidine rings is 1. The van der Waals surface area contributed by atoms with Gasteiger partial charge in [0.05, 0.1) is 16.2 Å². The molecule has 2 unspecified atom stereocenters. The molecule has 0 aromatic heterocycles. The molecule has 2 atom stereocenters. The molecule has 0 aliphatic carbocycles. The van der Waals surface area contributed by atoms with Gasteiger partial charge in [-0.05, 0) is 53.4 Å². The lowest BCUT2D eigenvalue weighted by molar-refractivity contribution is -0.119. The van der Waals surface area contributed by atoms with Crippen LogP contribution >= 0.6 is 15.9 Å². The summed E-state index contributed by atoms with van der Waals surface area (Å²) in [5.74, 6) is 0.596. The van der Waals surface area contributed by atoms with Crippen molar-refractivity contribution in [3.63, 3.8) is 0 Å². The maximum atomic E-state index is 12.2. The summed E-state index contributed by atoms with van der Waals surface area (Å²) in [5.41, 5.74) is 0.444. The maximum Gasteiger partial charge on any atom is 0.241 e. The summed E-state index contributed by atoms with van der Waals surface area (Å²) in [6, 6.07) is 5.04. The van der Waals surface area contributed by atoms with Gasteiger partial charge in [-0.1, -0.05) is 19.4 Å². The number of amides is 1. The molecule has 19 heavy (non-hydrogen) atoms. The number of nitrogens with one attached hydrogen (secondary N) is 2. The molecule has 1 amide bonds. The Morgan fingerprint density at radius 3 is 3.11 bits per heavy atom. The Kier molecular flexibility index (Phi) is 4.82. The molecule has 0 bridgehead atoms. The van der Waals surface area contributed by atoms with Gasteiger partial charge < -0.3 is 15.7 Å². The third-order valence-corrected chi connectivity index (χ3v) is 4.29. The standard InChI is InChI=1S/C14H19BrN2O2/c1-2-9-6-7-16-12(8-9)14(19)17-11-5-3-4-10(15)13(11)18/h3-5,9,12,16,18H,2,6-8H2,1H3,(H,17,19). The van der Waals surface area contributed by atoms with Crippen LogP contribution in [0.1, 0.15) is 26.2 Å². The number of phenolic OH excluding ortho intramolecular Hbond substituents is 1. The predicted molar refractivity (Wildman–Crippen MR) is 79.2 cm³/mol. The number of hydrogen-bond acceptors (Lipinski definition) is 3. The third kappa shape index (κ3) is 3.48. The Balaban J connectivity index is 2.02. The molecule has 0 radical (unpaired) electrons. The van der Waals surface area contributed by atoms with Crippen LogP contribution in [0, 0.1) is 5.92 Å². The van der Waals surface area contributed by atoms with E-state index in [2.05, 4.69) is 33.5 Å². The molecular formula is C14H19BrN2O2. The smallest absolute Gasteiger partial charge is 0.241 e. The van der Waals surface area contributed by atoms with Crippen LogP contribution in [0.3, 0.4) is 0 Å². The van der Waals surface area contributed by atoms with Crippen LogP contribution in [0.5, 0.6) is 5.75 Å². The van der Waals surface area contributed by atoms with Crippen LogP contribution in [0.4, 0.5) is 5.69 Å². The first-order valence-electron chi connectivity index (χ1n) is 6.63. The predicted octanol–water partition coefficient (Wildman–Crippen LogP) is 2.87. The molecule has 0 spiro atoms. The van der Waals surface area contributed by atoms with Gasteiger partial charge in [0.25, 0.3) is 0 Å². The minimum Gasteiger partial charge on any atom is -0.505 e. The van der Waals surface area contributed by atoms with E-state index in [9.17, 15) is 9.90 Å². The molecule has 1 aromatic carbocycles. The zero-order valence-corrected chi connectivity index (χ0v) is 12.5. The number of rotatable bonds is 3. The van der Waals surface area contributed by atoms with Crippen molar-refractivity contribution < 1.29 is 9.90 Å². The highest BCUT2D eigenvalue weighted by Crippen LogP contribution is 2.32. The highest BCUT2D eigenvalue weighted by Gasteiger charge is 2.26. The lowest BCUT2D eigenvalue weighted by Gasteiger charge is -2.28. The van der Waals surface area contributed by atoms with Crippen LogP contribution in [0.2, 0.25) is 0 Å². The van der Waals surface area contributed by atoms with E-state index < -0.39 is 0 Å². The molecule has 104 valence electrons. The average molecular weight is 327 g/mol. The van der Waals surface area contributed by atoms with Gasteiger partial charge in [0.2, 0.25) is 5.91 Å². The number of aromatic hydroxyl groups is 1. The van der Waals surface area contributed by atoms with Crippen molar-refractivity contribution in [2.24, 2.45) is 5.92 Å². The molecule has 3 N–H and O–H groups in total. The van der Waals surface area contributed by atoms with Crippen molar-refractivity contribution in [2.45, 2.75) is 32.2 Å². The van der Waals surface area contributed by atoms with E-state index in [1.807, 2.05) is 0 Å². The number of hydrogen-bond donors (Lipinski definition) is 3. The Labute approximate surface area is 121 Å². The fourth-order valence-electron chi connectivity index (χ4n) is 2.40. The first-order chi connectivity index (χ1) is 9.11. The molecule has 1 aliphatic rings. The molecular weight excluding hydrogens is 308 g/mol. The van der Waals surface area contributed by atoms with Gasteiger partial charge in [-0.25, -0.2) is 0 Å². The van der Waals surface area contributed by atoms with E-state index >= 15 is 0 Å². The third-order valence-electron chi connectivity index (χ3n) is 3.65. The second kappa shape index (κ2) is 6.39. The Morgan fingerprint density at radius 2 is 2.37 bits per heavy atom. The normalized spacial score (nSPS) is 23.1. The van der Waals surface area contributed by atoms with E-state index in [0.29, 0.717) is 16.1 Å². The van der Waals surface area contributed by atoms with E-state index in [1.165, 1.54) is 0 Å². The molecule has 0 saturated carbocycles. The summed E-state index contributed by atoms with van der Waals surface area (Å²) >= 11 is 3.24. The van der Waals surface area contributed by atoms with Gasteiger partial charge in [0.1, 0.15) is 0 Å². The van der Waals surface area contributed by atoms with Gasteiger partial charge in [0, 0.05) is 0 Å². The second-order valence-electron chi connectivity index (χ2n) is 4.93. The molecule has 5 heteroatoms. The quantitative estimate of drug-likeness (QED) is 0.748. The molecule has 2 rings (SSSR count). The lowest BCUT2D eigenvalue weighted by atomic mass is 9.90. The number of anilines is 1. The number of carbonyl (C=O) groups excluding carboxylic acids is 1. The number of benzene rings is 1. The number of carbonyl (C=O) groups is 1. The molecule has 1 aliphatic heterocycles. The number of phenols is 1. The lowest BCUT2D eigenvalue weighted by Crippen LogP contribution is -2.46. The zero-order valence-electron chi connectivity index (χ0n) is 10.9. The summed E-state index contributed by atoms with van der Waals surface area (Å²) in [6.45, 7) is 3.03. The van der Waals surface area contributed by atoms with E-state index in [-0.39, 0.29) is 17.7 Å². The van der Waals surface area contributed by atoms with Gasteiger partial charge in [-0.15, -0.1) is 0 Å². The van der Waals surface area contributed by atoms with Crippen LogP contribution < -0.4 is 10.6 Å². The molecule has 1 aromatic rings. The van der Waals surface area contributed by atoms with E-state index in [4.69, 9.17) is 0 Å². The van der Waals surface area contributed by atoms with E-state index in [1.54, 1.807) is 18.2 Å². The highest BCUT2D eigenvalue weighted by atomic mass is 79.9. The van der Waals surface area contributed by atoms with Crippen molar-refractivity contribution in [2.75, 3.05) is 11.9 Å². The van der Waals surface area contributed by atoms with Crippen LogP contribution in [-0.2, 0) is 4.79 Å². The molecule has 1 fully saturated rings. The van der Waals surface area contributed by atoms with Crippen molar-refractivity contribution in [1.82, 2.24) is 5.32 Å². The van der Waals surface area contributed by atoms with Crippen LogP contribution in [-0.4, -0.2) is 23.6 Å². The van der Waals surface area contributed by atoms with Crippen molar-refractivity contribution in [3.8, 4) is 5.75 Å². The minimum atomic E-state index is -0.169. The van der Waals surface area contributed by atoms with Gasteiger partial charge in [0.15, 0.2) is 5.75 Å². The molecule has 1 heterocycles. The highest BCUT2D eigenvalue weighted by molar-refractivity contribution is 9.10. The SMILES string of the molecule is CCC1CCNC(C(=O)Nc2cccc(Br)c2O)C1. The molecule has 4 nitrogen and oxygen atoms in total. The Bertz CT molecular complexity index is 465. The topological polar surface area (TPSA) is 61.4 Å². The number of halogens is 1. The Hall–Kier alpha value is -1.07. The van der Waals surface area contributed by atoms with Gasteiger partial charge in [-0.2, -0.15) is 0 Å². The Morgan fingerprint density at radius 1 is 1.58 bits per heavy atom. The van der Waals surface area contributed by atoms with Crippen molar-refractivity contribution in [1.29, 1.82) is 0 Å².